The van der Waals surface area contributed by atoms with Gasteiger partial charge in [-0.3, -0.25) is 0 Å². The van der Waals surface area contributed by atoms with Crippen LogP contribution in [0.2, 0.25) is 5.02 Å². The summed E-state index contributed by atoms with van der Waals surface area (Å²) in [6.45, 7) is 2.23. The monoisotopic (exact) mass is 263 g/mol. The van der Waals surface area contributed by atoms with E-state index in [1.165, 1.54) is 0 Å². The van der Waals surface area contributed by atoms with Crippen molar-refractivity contribution in [3.8, 4) is 0 Å². The Morgan fingerprint density at radius 2 is 2.06 bits per heavy atom. The van der Waals surface area contributed by atoms with E-state index in [0.29, 0.717) is 11.6 Å². The zero-order chi connectivity index (χ0) is 12.7. The first kappa shape index (κ1) is 14.4. The molecule has 0 heterocycles. The van der Waals surface area contributed by atoms with Crippen LogP contribution < -0.4 is 5.32 Å². The maximum absolute atomic E-state index is 11.8. The smallest absolute Gasteiger partial charge is 0.261 e. The van der Waals surface area contributed by atoms with E-state index in [2.05, 4.69) is 5.32 Å². The SMILES string of the molecule is CC(NCCOCC(F)F)c1ccccc1Cl. The van der Waals surface area contributed by atoms with Gasteiger partial charge in [0.2, 0.25) is 0 Å². The summed E-state index contributed by atoms with van der Waals surface area (Å²) in [5, 5.41) is 3.85. The first-order chi connectivity index (χ1) is 8.11. The Morgan fingerprint density at radius 1 is 1.35 bits per heavy atom. The molecule has 1 rings (SSSR count). The Hall–Kier alpha value is -0.710. The summed E-state index contributed by atoms with van der Waals surface area (Å²) in [5.74, 6) is 0. The zero-order valence-corrected chi connectivity index (χ0v) is 10.4. The number of hydrogen-bond donors (Lipinski definition) is 1. The highest BCUT2D eigenvalue weighted by molar-refractivity contribution is 6.31. The average molecular weight is 264 g/mol. The molecule has 0 aromatic heterocycles. The van der Waals surface area contributed by atoms with Crippen LogP contribution in [0, 0.1) is 0 Å². The van der Waals surface area contributed by atoms with E-state index in [1.807, 2.05) is 31.2 Å². The molecule has 1 unspecified atom stereocenters. The molecule has 2 nitrogen and oxygen atoms in total. The molecular weight excluding hydrogens is 248 g/mol. The number of hydrogen-bond acceptors (Lipinski definition) is 2. The quantitative estimate of drug-likeness (QED) is 0.763. The summed E-state index contributed by atoms with van der Waals surface area (Å²) < 4.78 is 28.3. The van der Waals surface area contributed by atoms with E-state index in [-0.39, 0.29) is 12.6 Å². The van der Waals surface area contributed by atoms with Crippen LogP contribution in [0.15, 0.2) is 24.3 Å². The molecule has 0 aliphatic heterocycles. The molecule has 0 radical (unpaired) electrons. The van der Waals surface area contributed by atoms with Crippen molar-refractivity contribution in [3.63, 3.8) is 0 Å². The van der Waals surface area contributed by atoms with Gasteiger partial charge in [-0.05, 0) is 18.6 Å². The molecule has 1 atom stereocenters. The Labute approximate surface area is 105 Å². The second-order valence-electron chi connectivity index (χ2n) is 3.66. The molecule has 1 aromatic rings. The highest BCUT2D eigenvalue weighted by atomic mass is 35.5. The van der Waals surface area contributed by atoms with E-state index >= 15 is 0 Å². The van der Waals surface area contributed by atoms with Crippen molar-refractivity contribution >= 4 is 11.6 Å². The highest BCUT2D eigenvalue weighted by Gasteiger charge is 2.08. The van der Waals surface area contributed by atoms with Gasteiger partial charge in [-0.1, -0.05) is 29.8 Å². The third-order valence-corrected chi connectivity index (χ3v) is 2.66. The lowest BCUT2D eigenvalue weighted by atomic mass is 10.1. The number of halogens is 3. The fourth-order valence-corrected chi connectivity index (χ4v) is 1.76. The minimum atomic E-state index is -2.41. The Bertz CT molecular complexity index is 336. The third kappa shape index (κ3) is 5.44. The molecule has 0 spiro atoms. The average Bonchev–Trinajstić information content (AvgIpc) is 2.28. The summed E-state index contributed by atoms with van der Waals surface area (Å²) >= 11 is 6.03. The standard InChI is InChI=1S/C12H16ClF2NO/c1-9(10-4-2-3-5-11(10)13)16-6-7-17-8-12(14)15/h2-5,9,12,16H,6-8H2,1H3. The van der Waals surface area contributed by atoms with E-state index in [1.54, 1.807) is 0 Å². The van der Waals surface area contributed by atoms with Crippen molar-refractivity contribution in [3.05, 3.63) is 34.9 Å². The molecule has 0 saturated carbocycles. The Kier molecular flexibility index (Phi) is 6.40. The van der Waals surface area contributed by atoms with Crippen molar-refractivity contribution in [1.29, 1.82) is 0 Å². The molecule has 0 aliphatic carbocycles. The molecule has 17 heavy (non-hydrogen) atoms. The van der Waals surface area contributed by atoms with Crippen molar-refractivity contribution in [2.24, 2.45) is 0 Å². The number of alkyl halides is 2. The molecule has 0 fully saturated rings. The Morgan fingerprint density at radius 3 is 2.71 bits per heavy atom. The van der Waals surface area contributed by atoms with E-state index in [4.69, 9.17) is 16.3 Å². The lowest BCUT2D eigenvalue weighted by molar-refractivity contribution is 0.0183. The summed E-state index contributed by atoms with van der Waals surface area (Å²) in [4.78, 5) is 0. The van der Waals surface area contributed by atoms with Gasteiger partial charge in [0, 0.05) is 17.6 Å². The molecule has 1 N–H and O–H groups in total. The van der Waals surface area contributed by atoms with Crippen LogP contribution in [-0.2, 0) is 4.74 Å². The lowest BCUT2D eigenvalue weighted by Crippen LogP contribution is -2.24. The lowest BCUT2D eigenvalue weighted by Gasteiger charge is -2.15. The minimum Gasteiger partial charge on any atom is -0.374 e. The van der Waals surface area contributed by atoms with Crippen molar-refractivity contribution in [2.45, 2.75) is 19.4 Å². The van der Waals surface area contributed by atoms with Gasteiger partial charge in [0.1, 0.15) is 6.61 Å². The molecule has 0 aliphatic rings. The third-order valence-electron chi connectivity index (χ3n) is 2.31. The summed E-state index contributed by atoms with van der Waals surface area (Å²) in [7, 11) is 0. The van der Waals surface area contributed by atoms with Crippen molar-refractivity contribution in [1.82, 2.24) is 5.32 Å². The van der Waals surface area contributed by atoms with Crippen LogP contribution in [-0.4, -0.2) is 26.2 Å². The minimum absolute atomic E-state index is 0.0684. The van der Waals surface area contributed by atoms with Crippen LogP contribution >= 0.6 is 11.6 Å². The normalized spacial score (nSPS) is 13.0. The summed E-state index contributed by atoms with van der Waals surface area (Å²) in [6, 6.07) is 7.60. The maximum Gasteiger partial charge on any atom is 0.261 e. The molecule has 0 bridgehead atoms. The second kappa shape index (κ2) is 7.58. The van der Waals surface area contributed by atoms with Crippen molar-refractivity contribution < 1.29 is 13.5 Å². The number of rotatable bonds is 7. The first-order valence-electron chi connectivity index (χ1n) is 5.45. The van der Waals surface area contributed by atoms with Crippen LogP contribution in [0.25, 0.3) is 0 Å². The largest absolute Gasteiger partial charge is 0.374 e. The molecular formula is C12H16ClF2NO. The van der Waals surface area contributed by atoms with E-state index in [0.717, 1.165) is 5.56 Å². The van der Waals surface area contributed by atoms with Crippen LogP contribution in [0.4, 0.5) is 8.78 Å². The predicted octanol–water partition coefficient (Wildman–Crippen LogP) is 3.27. The van der Waals surface area contributed by atoms with Gasteiger partial charge in [0.25, 0.3) is 6.43 Å². The van der Waals surface area contributed by atoms with Gasteiger partial charge in [0.05, 0.1) is 6.61 Å². The number of benzene rings is 1. The maximum atomic E-state index is 11.8. The van der Waals surface area contributed by atoms with Gasteiger partial charge in [-0.2, -0.15) is 0 Å². The van der Waals surface area contributed by atoms with Gasteiger partial charge in [-0.15, -0.1) is 0 Å². The van der Waals surface area contributed by atoms with Crippen LogP contribution in [0.3, 0.4) is 0 Å². The van der Waals surface area contributed by atoms with Gasteiger partial charge in [0.15, 0.2) is 0 Å². The topological polar surface area (TPSA) is 21.3 Å². The number of nitrogens with one attached hydrogen (secondary N) is 1. The van der Waals surface area contributed by atoms with Crippen molar-refractivity contribution in [2.75, 3.05) is 19.8 Å². The molecule has 5 heteroatoms. The zero-order valence-electron chi connectivity index (χ0n) is 9.63. The fraction of sp³-hybridized carbons (Fsp3) is 0.500. The molecule has 0 saturated heterocycles. The van der Waals surface area contributed by atoms with Gasteiger partial charge >= 0.3 is 0 Å². The molecule has 96 valence electrons. The van der Waals surface area contributed by atoms with E-state index in [9.17, 15) is 8.78 Å². The Balaban J connectivity index is 2.26. The van der Waals surface area contributed by atoms with Gasteiger partial charge < -0.3 is 10.1 Å². The molecule has 1 aromatic carbocycles. The highest BCUT2D eigenvalue weighted by Crippen LogP contribution is 2.21. The summed E-state index contributed by atoms with van der Waals surface area (Å²) in [6.07, 6.45) is -2.41. The van der Waals surface area contributed by atoms with Crippen LogP contribution in [0.1, 0.15) is 18.5 Å². The van der Waals surface area contributed by atoms with E-state index < -0.39 is 13.0 Å². The van der Waals surface area contributed by atoms with Gasteiger partial charge in [-0.25, -0.2) is 8.78 Å². The number of ether oxygens (including phenoxy) is 1. The van der Waals surface area contributed by atoms with Crippen LogP contribution in [0.5, 0.6) is 0 Å². The first-order valence-corrected chi connectivity index (χ1v) is 5.82. The second-order valence-corrected chi connectivity index (χ2v) is 4.07. The summed E-state index contributed by atoms with van der Waals surface area (Å²) in [5.41, 5.74) is 0.989. The molecule has 0 amide bonds. The predicted molar refractivity (Wildman–Crippen MR) is 64.7 cm³/mol. The fourth-order valence-electron chi connectivity index (χ4n) is 1.46.